The Morgan fingerprint density at radius 3 is 2.75 bits per heavy atom. The Balaban J connectivity index is 2.44. The Morgan fingerprint density at radius 2 is 2.10 bits per heavy atom. The van der Waals surface area contributed by atoms with Crippen LogP contribution in [0.1, 0.15) is 25.3 Å². The van der Waals surface area contributed by atoms with Crippen molar-refractivity contribution in [2.24, 2.45) is 0 Å². The molecule has 20 heavy (non-hydrogen) atoms. The van der Waals surface area contributed by atoms with Crippen molar-refractivity contribution in [3.8, 4) is 5.75 Å². The number of benzene rings is 1. The SMILES string of the molecule is COCCNCC(O)COc1ccc(Br)cc1C(C)C. The van der Waals surface area contributed by atoms with Gasteiger partial charge in [0.25, 0.3) is 0 Å². The molecule has 0 aromatic heterocycles. The molecule has 0 heterocycles. The van der Waals surface area contributed by atoms with Gasteiger partial charge in [-0.1, -0.05) is 29.8 Å². The Labute approximate surface area is 129 Å². The summed E-state index contributed by atoms with van der Waals surface area (Å²) in [6.45, 7) is 6.38. The molecule has 114 valence electrons. The predicted octanol–water partition coefficient (Wildman–Crippen LogP) is 2.55. The standard InChI is InChI=1S/C15H24BrNO3/c1-11(2)14-8-12(16)4-5-15(14)20-10-13(18)9-17-6-7-19-3/h4-5,8,11,13,17-18H,6-7,9-10H2,1-3H3. The fraction of sp³-hybridized carbons (Fsp3) is 0.600. The molecule has 0 saturated carbocycles. The van der Waals surface area contributed by atoms with E-state index in [1.54, 1.807) is 7.11 Å². The number of ether oxygens (including phenoxy) is 2. The van der Waals surface area contributed by atoms with Gasteiger partial charge in [-0.3, -0.25) is 0 Å². The van der Waals surface area contributed by atoms with Crippen molar-refractivity contribution in [3.63, 3.8) is 0 Å². The van der Waals surface area contributed by atoms with Gasteiger partial charge >= 0.3 is 0 Å². The van der Waals surface area contributed by atoms with Crippen molar-refractivity contribution in [3.05, 3.63) is 28.2 Å². The van der Waals surface area contributed by atoms with Gasteiger partial charge in [-0.2, -0.15) is 0 Å². The van der Waals surface area contributed by atoms with Crippen LogP contribution >= 0.6 is 15.9 Å². The summed E-state index contributed by atoms with van der Waals surface area (Å²) in [5.74, 6) is 1.21. The van der Waals surface area contributed by atoms with Gasteiger partial charge in [-0.15, -0.1) is 0 Å². The highest BCUT2D eigenvalue weighted by Crippen LogP contribution is 2.29. The molecule has 1 unspecified atom stereocenters. The number of hydrogen-bond acceptors (Lipinski definition) is 4. The number of rotatable bonds is 9. The van der Waals surface area contributed by atoms with E-state index in [1.165, 1.54) is 0 Å². The highest BCUT2D eigenvalue weighted by atomic mass is 79.9. The molecule has 0 fully saturated rings. The van der Waals surface area contributed by atoms with E-state index in [0.717, 1.165) is 22.3 Å². The highest BCUT2D eigenvalue weighted by molar-refractivity contribution is 9.10. The Kier molecular flexibility index (Phi) is 8.14. The van der Waals surface area contributed by atoms with Gasteiger partial charge in [0.05, 0.1) is 6.61 Å². The lowest BCUT2D eigenvalue weighted by Crippen LogP contribution is -2.33. The van der Waals surface area contributed by atoms with E-state index in [9.17, 15) is 5.11 Å². The summed E-state index contributed by atoms with van der Waals surface area (Å²) in [6.07, 6.45) is -0.532. The lowest BCUT2D eigenvalue weighted by atomic mass is 10.0. The quantitative estimate of drug-likeness (QED) is 0.675. The van der Waals surface area contributed by atoms with Crippen molar-refractivity contribution in [1.82, 2.24) is 5.32 Å². The van der Waals surface area contributed by atoms with Crippen LogP contribution in [0, 0.1) is 0 Å². The molecule has 0 amide bonds. The molecule has 0 aliphatic carbocycles. The summed E-state index contributed by atoms with van der Waals surface area (Å²) in [6, 6.07) is 5.94. The van der Waals surface area contributed by atoms with E-state index in [4.69, 9.17) is 9.47 Å². The first kappa shape index (κ1) is 17.4. The molecule has 1 aromatic rings. The Hall–Kier alpha value is -0.620. The fourth-order valence-corrected chi connectivity index (χ4v) is 2.17. The molecule has 5 heteroatoms. The lowest BCUT2D eigenvalue weighted by molar-refractivity contribution is 0.103. The first-order chi connectivity index (χ1) is 9.54. The van der Waals surface area contributed by atoms with Crippen molar-refractivity contribution in [2.75, 3.05) is 33.4 Å². The molecular formula is C15H24BrNO3. The first-order valence-electron chi connectivity index (χ1n) is 6.84. The van der Waals surface area contributed by atoms with Crippen LogP contribution in [0.25, 0.3) is 0 Å². The van der Waals surface area contributed by atoms with Gasteiger partial charge in [0, 0.05) is 24.7 Å². The normalized spacial score (nSPS) is 12.7. The maximum absolute atomic E-state index is 9.86. The maximum atomic E-state index is 9.86. The average Bonchev–Trinajstić information content (AvgIpc) is 2.42. The van der Waals surface area contributed by atoms with Crippen molar-refractivity contribution in [2.45, 2.75) is 25.9 Å². The van der Waals surface area contributed by atoms with Crippen LogP contribution in [-0.4, -0.2) is 44.6 Å². The summed E-state index contributed by atoms with van der Waals surface area (Å²) >= 11 is 3.47. The third-order valence-electron chi connectivity index (χ3n) is 2.89. The van der Waals surface area contributed by atoms with Crippen molar-refractivity contribution in [1.29, 1.82) is 0 Å². The topological polar surface area (TPSA) is 50.7 Å². The Bertz CT molecular complexity index is 399. The van der Waals surface area contributed by atoms with Gasteiger partial charge in [-0.25, -0.2) is 0 Å². The third-order valence-corrected chi connectivity index (χ3v) is 3.38. The van der Waals surface area contributed by atoms with Gasteiger partial charge in [0.2, 0.25) is 0 Å². The average molecular weight is 346 g/mol. The van der Waals surface area contributed by atoms with E-state index in [0.29, 0.717) is 19.1 Å². The number of nitrogens with one attached hydrogen (secondary N) is 1. The van der Waals surface area contributed by atoms with E-state index in [1.807, 2.05) is 12.1 Å². The zero-order chi connectivity index (χ0) is 15.0. The molecule has 0 saturated heterocycles. The monoisotopic (exact) mass is 345 g/mol. The zero-order valence-corrected chi connectivity index (χ0v) is 13.9. The van der Waals surface area contributed by atoms with Gasteiger partial charge in [0.1, 0.15) is 18.5 Å². The molecule has 0 aliphatic rings. The molecule has 0 spiro atoms. The van der Waals surface area contributed by atoms with Gasteiger partial charge in [0.15, 0.2) is 0 Å². The summed E-state index contributed by atoms with van der Waals surface area (Å²) in [4.78, 5) is 0. The van der Waals surface area contributed by atoms with E-state index < -0.39 is 6.10 Å². The number of aliphatic hydroxyl groups excluding tert-OH is 1. The minimum Gasteiger partial charge on any atom is -0.491 e. The van der Waals surface area contributed by atoms with Crippen molar-refractivity contribution >= 4 is 15.9 Å². The third kappa shape index (κ3) is 6.22. The molecule has 0 radical (unpaired) electrons. The first-order valence-corrected chi connectivity index (χ1v) is 7.63. The van der Waals surface area contributed by atoms with E-state index in [-0.39, 0.29) is 6.61 Å². The minimum absolute atomic E-state index is 0.279. The predicted molar refractivity (Wildman–Crippen MR) is 84.5 cm³/mol. The minimum atomic E-state index is -0.532. The van der Waals surface area contributed by atoms with Crippen LogP contribution in [-0.2, 0) is 4.74 Å². The van der Waals surface area contributed by atoms with Crippen LogP contribution in [0.2, 0.25) is 0 Å². The molecular weight excluding hydrogens is 322 g/mol. The van der Waals surface area contributed by atoms with Crippen LogP contribution in [0.15, 0.2) is 22.7 Å². The molecule has 1 rings (SSSR count). The lowest BCUT2D eigenvalue weighted by Gasteiger charge is -2.17. The molecule has 0 bridgehead atoms. The summed E-state index contributed by atoms with van der Waals surface area (Å²) < 4.78 is 11.7. The molecule has 0 aliphatic heterocycles. The van der Waals surface area contributed by atoms with Crippen LogP contribution in [0.4, 0.5) is 0 Å². The second kappa shape index (κ2) is 9.34. The van der Waals surface area contributed by atoms with Crippen LogP contribution < -0.4 is 10.1 Å². The summed E-state index contributed by atoms with van der Waals surface area (Å²) in [7, 11) is 1.65. The van der Waals surface area contributed by atoms with E-state index >= 15 is 0 Å². The second-order valence-corrected chi connectivity index (χ2v) is 5.91. The maximum Gasteiger partial charge on any atom is 0.122 e. The number of hydrogen-bond donors (Lipinski definition) is 2. The molecule has 4 nitrogen and oxygen atoms in total. The van der Waals surface area contributed by atoms with Gasteiger partial charge in [-0.05, 0) is 29.7 Å². The van der Waals surface area contributed by atoms with Crippen LogP contribution in [0.3, 0.4) is 0 Å². The van der Waals surface area contributed by atoms with Crippen molar-refractivity contribution < 1.29 is 14.6 Å². The molecule has 1 atom stereocenters. The van der Waals surface area contributed by atoms with Crippen LogP contribution in [0.5, 0.6) is 5.75 Å². The number of methoxy groups -OCH3 is 1. The molecule has 2 N–H and O–H groups in total. The van der Waals surface area contributed by atoms with E-state index in [2.05, 4.69) is 41.2 Å². The fourth-order valence-electron chi connectivity index (χ4n) is 1.79. The summed E-state index contributed by atoms with van der Waals surface area (Å²) in [5.41, 5.74) is 1.14. The summed E-state index contributed by atoms with van der Waals surface area (Å²) in [5, 5.41) is 13.0. The molecule has 1 aromatic carbocycles. The smallest absolute Gasteiger partial charge is 0.122 e. The number of halogens is 1. The zero-order valence-electron chi connectivity index (χ0n) is 12.4. The van der Waals surface area contributed by atoms with Gasteiger partial charge < -0.3 is 19.9 Å². The largest absolute Gasteiger partial charge is 0.491 e. The Morgan fingerprint density at radius 1 is 1.35 bits per heavy atom. The highest BCUT2D eigenvalue weighted by Gasteiger charge is 2.11. The number of aliphatic hydroxyl groups is 1. The second-order valence-electron chi connectivity index (χ2n) is 5.00.